The molecule has 0 aliphatic heterocycles. The number of halogens is 10. The van der Waals surface area contributed by atoms with Gasteiger partial charge in [0.1, 0.15) is 0 Å². The van der Waals surface area contributed by atoms with E-state index < -0.39 is 47.4 Å². The van der Waals surface area contributed by atoms with Crippen LogP contribution in [0.3, 0.4) is 0 Å². The Morgan fingerprint density at radius 1 is 0.909 bits per heavy atom. The molecular formula is C10H9F10NO. The summed E-state index contributed by atoms with van der Waals surface area (Å²) in [5, 5.41) is 1.46. The molecule has 1 aliphatic rings. The maximum absolute atomic E-state index is 14.2. The largest absolute Gasteiger partial charge is 0.381 e. The SMILES string of the molecule is CNC(=O)C(C)C1(F)C(F)C(F)(F)C(F)(F)C(F)(F)C1(F)F. The van der Waals surface area contributed by atoms with Crippen molar-refractivity contribution in [2.75, 3.05) is 7.05 Å². The van der Waals surface area contributed by atoms with Crippen LogP contribution >= 0.6 is 0 Å². The van der Waals surface area contributed by atoms with Gasteiger partial charge in [0.25, 0.3) is 0 Å². The van der Waals surface area contributed by atoms with Gasteiger partial charge in [-0.3, -0.25) is 4.79 Å². The number of rotatable bonds is 2. The van der Waals surface area contributed by atoms with E-state index in [1.807, 2.05) is 0 Å². The molecule has 0 saturated heterocycles. The van der Waals surface area contributed by atoms with Crippen LogP contribution in [0.25, 0.3) is 0 Å². The molecule has 1 amide bonds. The Kier molecular flexibility index (Phi) is 3.96. The van der Waals surface area contributed by atoms with Gasteiger partial charge in [-0.15, -0.1) is 0 Å². The van der Waals surface area contributed by atoms with Gasteiger partial charge in [-0.1, -0.05) is 6.92 Å². The number of carbonyl (C=O) groups excluding carboxylic acids is 1. The number of carbonyl (C=O) groups is 1. The number of hydrogen-bond donors (Lipinski definition) is 1. The van der Waals surface area contributed by atoms with Crippen molar-refractivity contribution >= 4 is 5.91 Å². The molecule has 0 spiro atoms. The van der Waals surface area contributed by atoms with E-state index in [-0.39, 0.29) is 6.92 Å². The molecule has 22 heavy (non-hydrogen) atoms. The van der Waals surface area contributed by atoms with Crippen LogP contribution in [-0.4, -0.2) is 48.5 Å². The van der Waals surface area contributed by atoms with Gasteiger partial charge in [-0.2, -0.15) is 35.1 Å². The smallest absolute Gasteiger partial charge is 0.359 e. The molecule has 0 radical (unpaired) electrons. The van der Waals surface area contributed by atoms with E-state index in [0.717, 1.165) is 0 Å². The minimum Gasteiger partial charge on any atom is -0.359 e. The zero-order valence-corrected chi connectivity index (χ0v) is 10.8. The van der Waals surface area contributed by atoms with Crippen LogP contribution in [0.1, 0.15) is 6.92 Å². The second kappa shape index (κ2) is 4.63. The number of amides is 1. The molecule has 12 heteroatoms. The van der Waals surface area contributed by atoms with Gasteiger partial charge in [-0.25, -0.2) is 8.78 Å². The van der Waals surface area contributed by atoms with Crippen molar-refractivity contribution in [2.24, 2.45) is 5.92 Å². The van der Waals surface area contributed by atoms with E-state index in [0.29, 0.717) is 7.05 Å². The highest BCUT2D eigenvalue weighted by molar-refractivity contribution is 5.79. The van der Waals surface area contributed by atoms with Crippen molar-refractivity contribution in [3.05, 3.63) is 0 Å². The minimum atomic E-state index is -6.93. The summed E-state index contributed by atoms with van der Waals surface area (Å²) in [7, 11) is 0.696. The summed E-state index contributed by atoms with van der Waals surface area (Å²) in [4.78, 5) is 11.1. The summed E-state index contributed by atoms with van der Waals surface area (Å²) in [5.74, 6) is -31.8. The lowest BCUT2D eigenvalue weighted by Gasteiger charge is -2.51. The normalized spacial score (nSPS) is 36.5. The van der Waals surface area contributed by atoms with Crippen LogP contribution in [0.15, 0.2) is 0 Å². The fourth-order valence-electron chi connectivity index (χ4n) is 2.13. The Morgan fingerprint density at radius 2 is 1.32 bits per heavy atom. The van der Waals surface area contributed by atoms with Crippen molar-refractivity contribution in [3.63, 3.8) is 0 Å². The molecule has 1 fully saturated rings. The van der Waals surface area contributed by atoms with E-state index >= 15 is 0 Å². The first kappa shape index (κ1) is 18.8. The maximum atomic E-state index is 14.2. The van der Waals surface area contributed by atoms with Crippen LogP contribution in [0.2, 0.25) is 0 Å². The van der Waals surface area contributed by atoms with Gasteiger partial charge in [0.05, 0.1) is 5.92 Å². The summed E-state index contributed by atoms with van der Waals surface area (Å²) in [6.45, 7) is 0.106. The summed E-state index contributed by atoms with van der Waals surface area (Å²) in [5.41, 5.74) is -5.55. The predicted molar refractivity (Wildman–Crippen MR) is 51.8 cm³/mol. The molecule has 0 aromatic heterocycles. The molecule has 0 bridgehead atoms. The highest BCUT2D eigenvalue weighted by Crippen LogP contribution is 2.66. The third-order valence-corrected chi connectivity index (χ3v) is 3.65. The molecule has 130 valence electrons. The lowest BCUT2D eigenvalue weighted by atomic mass is 9.68. The van der Waals surface area contributed by atoms with E-state index in [4.69, 9.17) is 0 Å². The minimum absolute atomic E-state index is 0.106. The predicted octanol–water partition coefficient (Wildman–Crippen LogP) is 2.97. The van der Waals surface area contributed by atoms with Gasteiger partial charge in [0.2, 0.25) is 17.7 Å². The first-order valence-corrected chi connectivity index (χ1v) is 5.61. The van der Waals surface area contributed by atoms with Crippen molar-refractivity contribution in [1.29, 1.82) is 0 Å². The second-order valence-electron chi connectivity index (χ2n) is 4.81. The van der Waals surface area contributed by atoms with E-state index in [2.05, 4.69) is 0 Å². The third-order valence-electron chi connectivity index (χ3n) is 3.65. The third kappa shape index (κ3) is 1.72. The molecule has 0 heterocycles. The van der Waals surface area contributed by atoms with Crippen molar-refractivity contribution in [1.82, 2.24) is 5.32 Å². The summed E-state index contributed by atoms with van der Waals surface area (Å²) < 4.78 is 133. The fourth-order valence-corrected chi connectivity index (χ4v) is 2.13. The fraction of sp³-hybridized carbons (Fsp3) is 0.900. The van der Waals surface area contributed by atoms with Gasteiger partial charge in [0.15, 0.2) is 0 Å². The highest BCUT2D eigenvalue weighted by Gasteiger charge is 2.95. The Hall–Kier alpha value is -1.23. The van der Waals surface area contributed by atoms with Crippen molar-refractivity contribution in [3.8, 4) is 0 Å². The monoisotopic (exact) mass is 349 g/mol. The standard InChI is InChI=1S/C10H9F10NO/c1-3(4(22)21-2)6(12)5(11)7(13,14)9(17,18)10(19,20)8(6,15)16/h3,5H,1-2H3,(H,21,22). The summed E-state index contributed by atoms with van der Waals surface area (Å²) >= 11 is 0. The molecule has 1 N–H and O–H groups in total. The molecule has 3 atom stereocenters. The van der Waals surface area contributed by atoms with Crippen LogP contribution < -0.4 is 5.32 Å². The molecule has 1 saturated carbocycles. The van der Waals surface area contributed by atoms with Crippen molar-refractivity contribution in [2.45, 2.75) is 42.5 Å². The number of hydrogen-bond acceptors (Lipinski definition) is 1. The summed E-state index contributed by atoms with van der Waals surface area (Å²) in [6.07, 6.45) is -5.04. The lowest BCUT2D eigenvalue weighted by molar-refractivity contribution is -0.445. The Labute approximate surface area is 116 Å². The molecule has 0 aromatic carbocycles. The van der Waals surface area contributed by atoms with E-state index in [9.17, 15) is 48.7 Å². The van der Waals surface area contributed by atoms with Crippen LogP contribution in [0, 0.1) is 5.92 Å². The second-order valence-corrected chi connectivity index (χ2v) is 4.81. The van der Waals surface area contributed by atoms with Gasteiger partial charge < -0.3 is 5.32 Å². The molecule has 2 nitrogen and oxygen atoms in total. The quantitative estimate of drug-likeness (QED) is 0.763. The molecule has 0 aromatic rings. The Balaban J connectivity index is 3.69. The lowest BCUT2D eigenvalue weighted by Crippen LogP contribution is -2.81. The van der Waals surface area contributed by atoms with E-state index in [1.54, 1.807) is 0 Å². The van der Waals surface area contributed by atoms with E-state index in [1.165, 1.54) is 5.32 Å². The zero-order chi connectivity index (χ0) is 17.9. The van der Waals surface area contributed by atoms with Gasteiger partial charge in [-0.05, 0) is 0 Å². The van der Waals surface area contributed by atoms with Gasteiger partial charge in [0, 0.05) is 7.05 Å². The van der Waals surface area contributed by atoms with Crippen LogP contribution in [0.4, 0.5) is 43.9 Å². The average molecular weight is 349 g/mol. The first-order valence-electron chi connectivity index (χ1n) is 5.61. The zero-order valence-electron chi connectivity index (χ0n) is 10.8. The Bertz CT molecular complexity index is 478. The number of alkyl halides is 10. The van der Waals surface area contributed by atoms with Crippen molar-refractivity contribution < 1.29 is 48.7 Å². The van der Waals surface area contributed by atoms with Crippen LogP contribution in [0.5, 0.6) is 0 Å². The molecule has 1 aliphatic carbocycles. The average Bonchev–Trinajstić information content (AvgIpc) is 2.41. The number of nitrogens with one attached hydrogen (secondary N) is 1. The maximum Gasteiger partial charge on any atom is 0.381 e. The summed E-state index contributed by atoms with van der Waals surface area (Å²) in [6, 6.07) is 0. The topological polar surface area (TPSA) is 29.1 Å². The molecular weight excluding hydrogens is 340 g/mol. The van der Waals surface area contributed by atoms with Gasteiger partial charge >= 0.3 is 23.7 Å². The molecule has 1 rings (SSSR count). The highest BCUT2D eigenvalue weighted by atomic mass is 19.4. The molecule has 3 unspecified atom stereocenters. The van der Waals surface area contributed by atoms with Crippen LogP contribution in [-0.2, 0) is 4.79 Å². The Morgan fingerprint density at radius 3 is 1.68 bits per heavy atom. The first-order chi connectivity index (χ1) is 9.55.